The van der Waals surface area contributed by atoms with E-state index in [0.717, 1.165) is 13.2 Å². The Labute approximate surface area is 387 Å². The number of aromatic carboxylic acids is 1. The van der Waals surface area contributed by atoms with Gasteiger partial charge in [-0.2, -0.15) is 5.23 Å². The minimum absolute atomic E-state index is 0.000873. The number of anilines is 4. The SMILES string of the molecule is COC(C(N)=O)C(NC(=O)c1ccc(NC(=O)c2ccc([NH+]([O-])O)cc2)cc1)C(=O)Nc1ccc(C(=O)Nc2ccc(C(=O)Nc3ccc(C(=O)O)c(O)c3OC(C)C)c(O)c2OC(C)C)cc1. The van der Waals surface area contributed by atoms with Gasteiger partial charge in [0.1, 0.15) is 11.6 Å². The third kappa shape index (κ3) is 12.4. The summed E-state index contributed by atoms with van der Waals surface area (Å²) in [4.78, 5) is 90.5. The van der Waals surface area contributed by atoms with E-state index in [1.54, 1.807) is 27.7 Å². The number of carbonyl (C=O) groups is 7. The molecule has 0 aliphatic rings. The summed E-state index contributed by atoms with van der Waals surface area (Å²) in [6.07, 6.45) is -2.74. The number of hydrogen-bond donors (Lipinski definition) is 11. The van der Waals surface area contributed by atoms with Gasteiger partial charge in [-0.05, 0) is 113 Å². The molecule has 0 saturated heterocycles. The molecule has 0 aliphatic heterocycles. The standard InChI is InChI=1S/C46H47N7O15/c1-22(2)67-37-32(20-18-30(35(37)54)44(60)51-33-21-19-31(46(62)63)36(55)38(33)68-23(3)4)50-42(58)24-6-14-28(15-7-24)49-45(61)34(39(66-5)40(47)56)52-43(59)25-8-12-27(13-9-25)48-41(57)26-10-16-29(17-11-26)53(64)65/h6-23,34,39,53-55,64H,1-5H3,(H2,47,56)(H,48,57)(H,49,61)(H,50,58)(H,51,60)(H,52,59)(H,62,63). The number of primary amides is 1. The van der Waals surface area contributed by atoms with Crippen molar-refractivity contribution >= 4 is 69.8 Å². The van der Waals surface area contributed by atoms with Crippen LogP contribution in [0.25, 0.3) is 0 Å². The van der Waals surface area contributed by atoms with E-state index in [9.17, 15) is 54.1 Å². The fourth-order valence-corrected chi connectivity index (χ4v) is 6.31. The summed E-state index contributed by atoms with van der Waals surface area (Å²) < 4.78 is 16.5. The zero-order chi connectivity index (χ0) is 50.0. The zero-order valence-corrected chi connectivity index (χ0v) is 36.9. The molecule has 68 heavy (non-hydrogen) atoms. The van der Waals surface area contributed by atoms with E-state index in [1.165, 1.54) is 91.0 Å². The van der Waals surface area contributed by atoms with Crippen molar-refractivity contribution in [2.75, 3.05) is 28.4 Å². The second-order valence-electron chi connectivity index (χ2n) is 15.2. The van der Waals surface area contributed by atoms with Crippen molar-refractivity contribution in [3.8, 4) is 23.0 Å². The largest absolute Gasteiger partial charge is 0.595 e. The molecule has 0 aliphatic carbocycles. The minimum Gasteiger partial charge on any atom is -0.595 e. The highest BCUT2D eigenvalue weighted by Gasteiger charge is 2.35. The molecule has 356 valence electrons. The number of carboxylic acid groups (broad SMARTS) is 1. The van der Waals surface area contributed by atoms with E-state index in [4.69, 9.17) is 25.2 Å². The smallest absolute Gasteiger partial charge is 0.339 e. The van der Waals surface area contributed by atoms with Crippen LogP contribution in [0.1, 0.15) is 79.5 Å². The number of aromatic hydroxyl groups is 2. The lowest BCUT2D eigenvalue weighted by Crippen LogP contribution is -2.99. The maximum atomic E-state index is 13.6. The number of quaternary nitrogens is 1. The Hall–Kier alpha value is -8.57. The predicted octanol–water partition coefficient (Wildman–Crippen LogP) is 3.77. The molecule has 0 saturated carbocycles. The van der Waals surface area contributed by atoms with Crippen molar-refractivity contribution in [1.29, 1.82) is 0 Å². The molecule has 3 atom stereocenters. The van der Waals surface area contributed by atoms with Crippen LogP contribution < -0.4 is 47.0 Å². The number of phenolic OH excluding ortho intramolecular Hbond substituents is 1. The fourth-order valence-electron chi connectivity index (χ4n) is 6.31. The lowest BCUT2D eigenvalue weighted by Gasteiger charge is -2.24. The maximum absolute atomic E-state index is 13.6. The highest BCUT2D eigenvalue weighted by Crippen LogP contribution is 2.41. The molecular weight excluding hydrogens is 891 g/mol. The minimum atomic E-state index is -1.67. The molecular formula is C46H47N7O15. The number of benzene rings is 5. The third-order valence-corrected chi connectivity index (χ3v) is 9.56. The Morgan fingerprint density at radius 3 is 1.47 bits per heavy atom. The quantitative estimate of drug-likeness (QED) is 0.0525. The third-order valence-electron chi connectivity index (χ3n) is 9.56. The first kappa shape index (κ1) is 50.4. The number of hydrogen-bond acceptors (Lipinski definition) is 14. The van der Waals surface area contributed by atoms with Crippen LogP contribution >= 0.6 is 0 Å². The van der Waals surface area contributed by atoms with E-state index in [0.29, 0.717) is 0 Å². The summed E-state index contributed by atoms with van der Waals surface area (Å²) in [5, 5.41) is 63.1. The fraction of sp³-hybridized carbons (Fsp3) is 0.196. The molecule has 0 bridgehead atoms. The van der Waals surface area contributed by atoms with Crippen LogP contribution in [0.15, 0.2) is 97.1 Å². The van der Waals surface area contributed by atoms with Crippen molar-refractivity contribution < 1.29 is 73.5 Å². The van der Waals surface area contributed by atoms with Crippen molar-refractivity contribution in [1.82, 2.24) is 5.32 Å². The molecule has 3 unspecified atom stereocenters. The maximum Gasteiger partial charge on any atom is 0.339 e. The monoisotopic (exact) mass is 937 g/mol. The normalized spacial score (nSPS) is 12.2. The van der Waals surface area contributed by atoms with Crippen molar-refractivity contribution in [3.63, 3.8) is 0 Å². The van der Waals surface area contributed by atoms with Gasteiger partial charge >= 0.3 is 5.97 Å². The Morgan fingerprint density at radius 1 is 0.588 bits per heavy atom. The predicted molar refractivity (Wildman–Crippen MR) is 244 cm³/mol. The van der Waals surface area contributed by atoms with Crippen LogP contribution in [0.3, 0.4) is 0 Å². The van der Waals surface area contributed by atoms with Gasteiger partial charge in [0.15, 0.2) is 34.8 Å². The van der Waals surface area contributed by atoms with Gasteiger partial charge in [-0.3, -0.25) is 28.8 Å². The number of nitrogens with one attached hydrogen (secondary N) is 6. The summed E-state index contributed by atoms with van der Waals surface area (Å²) in [6.45, 7) is 6.52. The molecule has 6 amide bonds. The molecule has 12 N–H and O–H groups in total. The van der Waals surface area contributed by atoms with Gasteiger partial charge in [0.2, 0.25) is 11.8 Å². The molecule has 0 heterocycles. The number of rotatable bonds is 19. The van der Waals surface area contributed by atoms with Gasteiger partial charge in [0.05, 0.1) is 29.1 Å². The molecule has 0 fully saturated rings. The van der Waals surface area contributed by atoms with Crippen LogP contribution in [0, 0.1) is 5.21 Å². The number of nitrogens with two attached hydrogens (primary N) is 1. The van der Waals surface area contributed by atoms with Gasteiger partial charge in [-0.1, -0.05) is 0 Å². The van der Waals surface area contributed by atoms with Gasteiger partial charge in [-0.25, -0.2) is 10.0 Å². The summed E-state index contributed by atoms with van der Waals surface area (Å²) >= 11 is 0. The van der Waals surface area contributed by atoms with E-state index in [1.807, 2.05) is 0 Å². The Bertz CT molecular complexity index is 2710. The molecule has 5 aromatic rings. The molecule has 0 radical (unpaired) electrons. The van der Waals surface area contributed by atoms with E-state index >= 15 is 0 Å². The molecule has 5 rings (SSSR count). The molecule has 0 spiro atoms. The molecule has 5 aromatic carbocycles. The van der Waals surface area contributed by atoms with Crippen molar-refractivity contribution in [2.24, 2.45) is 5.73 Å². The van der Waals surface area contributed by atoms with E-state index in [-0.39, 0.29) is 62.2 Å². The summed E-state index contributed by atoms with van der Waals surface area (Å²) in [5.74, 6) is -8.38. The van der Waals surface area contributed by atoms with Gasteiger partial charge < -0.3 is 67.1 Å². The second-order valence-corrected chi connectivity index (χ2v) is 15.2. The first-order valence-electron chi connectivity index (χ1n) is 20.4. The Morgan fingerprint density at radius 2 is 1.01 bits per heavy atom. The number of methoxy groups -OCH3 is 1. The summed E-state index contributed by atoms with van der Waals surface area (Å²) in [6, 6.07) is 19.2. The second kappa shape index (κ2) is 22.1. The number of amides is 6. The number of ether oxygens (including phenoxy) is 3. The first-order valence-corrected chi connectivity index (χ1v) is 20.4. The highest BCUT2D eigenvalue weighted by atomic mass is 16.8. The number of carbonyl (C=O) groups excluding carboxylic acids is 6. The van der Waals surface area contributed by atoms with E-state index < -0.39 is 88.1 Å². The van der Waals surface area contributed by atoms with Crippen LogP contribution in [0.4, 0.5) is 28.4 Å². The topological polar surface area (TPSA) is 342 Å². The van der Waals surface area contributed by atoms with Crippen molar-refractivity contribution in [3.05, 3.63) is 130 Å². The van der Waals surface area contributed by atoms with Crippen LogP contribution in [-0.4, -0.2) is 93.4 Å². The summed E-state index contributed by atoms with van der Waals surface area (Å²) in [7, 11) is 1.11. The number of phenols is 2. The average Bonchev–Trinajstić information content (AvgIpc) is 3.28. The first-order chi connectivity index (χ1) is 32.2. The molecule has 0 aromatic heterocycles. The summed E-state index contributed by atoms with van der Waals surface area (Å²) in [5.41, 5.74) is 5.23. The van der Waals surface area contributed by atoms with Crippen LogP contribution in [0.5, 0.6) is 23.0 Å². The Balaban J connectivity index is 1.27. The van der Waals surface area contributed by atoms with Gasteiger partial charge in [0.25, 0.3) is 23.6 Å². The van der Waals surface area contributed by atoms with Crippen LogP contribution in [0.2, 0.25) is 0 Å². The molecule has 22 nitrogen and oxygen atoms in total. The molecule has 22 heteroatoms. The van der Waals surface area contributed by atoms with Crippen molar-refractivity contribution in [2.45, 2.75) is 52.0 Å². The highest BCUT2D eigenvalue weighted by molar-refractivity contribution is 6.11. The van der Waals surface area contributed by atoms with Gasteiger partial charge in [-0.15, -0.1) is 0 Å². The van der Waals surface area contributed by atoms with E-state index in [2.05, 4.69) is 26.6 Å². The number of carboxylic acids is 1. The van der Waals surface area contributed by atoms with Gasteiger partial charge in [0, 0.05) is 47.3 Å². The zero-order valence-electron chi connectivity index (χ0n) is 36.9. The Kier molecular flexibility index (Phi) is 16.4. The average molecular weight is 938 g/mol. The lowest BCUT2D eigenvalue weighted by atomic mass is 10.1. The lowest BCUT2D eigenvalue weighted by molar-refractivity contribution is -0.991. The van der Waals surface area contributed by atoms with Crippen LogP contribution in [-0.2, 0) is 14.3 Å².